The molecule has 84 valence electrons. The van der Waals surface area contributed by atoms with Crippen molar-refractivity contribution in [2.24, 2.45) is 5.92 Å². The first-order chi connectivity index (χ1) is 7.07. The summed E-state index contributed by atoms with van der Waals surface area (Å²) in [5, 5.41) is 17.3. The van der Waals surface area contributed by atoms with Gasteiger partial charge in [0.2, 0.25) is 0 Å². The molecule has 1 aromatic rings. The summed E-state index contributed by atoms with van der Waals surface area (Å²) in [6.45, 7) is 6.68. The first-order valence-electron chi connectivity index (χ1n) is 5.52. The smallest absolute Gasteiger partial charge is 0.0936 e. The minimum atomic E-state index is -0.536. The fourth-order valence-electron chi connectivity index (χ4n) is 1.89. The maximum atomic E-state index is 9.96. The number of hydrogen-bond acceptors (Lipinski definition) is 3. The third kappa shape index (κ3) is 2.58. The Bertz CT molecular complexity index is 328. The highest BCUT2D eigenvalue weighted by Crippen LogP contribution is 2.17. The van der Waals surface area contributed by atoms with E-state index in [1.165, 1.54) is 0 Å². The Morgan fingerprint density at radius 1 is 1.60 bits per heavy atom. The van der Waals surface area contributed by atoms with E-state index in [4.69, 9.17) is 0 Å². The molecule has 1 aliphatic rings. The molecule has 0 unspecified atom stereocenters. The van der Waals surface area contributed by atoms with Crippen LogP contribution in [0, 0.1) is 5.92 Å². The number of aromatic nitrogens is 2. The molecule has 2 rings (SSSR count). The van der Waals surface area contributed by atoms with Gasteiger partial charge < -0.3 is 10.4 Å². The van der Waals surface area contributed by atoms with Crippen LogP contribution in [0.3, 0.4) is 0 Å². The van der Waals surface area contributed by atoms with E-state index >= 15 is 0 Å². The van der Waals surface area contributed by atoms with Crippen molar-refractivity contribution in [2.75, 3.05) is 13.1 Å². The van der Waals surface area contributed by atoms with Crippen molar-refractivity contribution < 1.29 is 5.11 Å². The number of nitrogens with one attached hydrogen (secondary N) is 1. The predicted octanol–water partition coefficient (Wildman–Crippen LogP) is 0.416. The van der Waals surface area contributed by atoms with E-state index in [0.717, 1.165) is 12.1 Å². The lowest BCUT2D eigenvalue weighted by Gasteiger charge is -2.37. The third-order valence-corrected chi connectivity index (χ3v) is 2.68. The Morgan fingerprint density at radius 2 is 2.33 bits per heavy atom. The van der Waals surface area contributed by atoms with Crippen molar-refractivity contribution in [2.45, 2.75) is 32.4 Å². The van der Waals surface area contributed by atoms with Gasteiger partial charge in [0.15, 0.2) is 0 Å². The van der Waals surface area contributed by atoms with Gasteiger partial charge in [-0.3, -0.25) is 4.68 Å². The Balaban J connectivity index is 1.95. The second-order valence-corrected chi connectivity index (χ2v) is 4.97. The number of hydrogen-bond donors (Lipinski definition) is 2. The van der Waals surface area contributed by atoms with Crippen LogP contribution in [-0.4, -0.2) is 33.6 Å². The number of β-amino-alcohol motifs (C(OH)–C–C–N with tert-alkyl or cyclic N) is 1. The minimum absolute atomic E-state index is 0.536. The molecule has 0 radical (unpaired) electrons. The number of rotatable bonds is 4. The molecule has 4 heteroatoms. The maximum Gasteiger partial charge on any atom is 0.0936 e. The van der Waals surface area contributed by atoms with Crippen LogP contribution >= 0.6 is 0 Å². The predicted molar refractivity (Wildman–Crippen MR) is 58.6 cm³/mol. The van der Waals surface area contributed by atoms with Crippen LogP contribution in [-0.2, 0) is 13.0 Å². The van der Waals surface area contributed by atoms with Gasteiger partial charge in [0.25, 0.3) is 0 Å². The first kappa shape index (κ1) is 10.6. The monoisotopic (exact) mass is 209 g/mol. The fraction of sp³-hybridized carbons (Fsp3) is 0.727. The Labute approximate surface area is 90.3 Å². The molecule has 1 aromatic heterocycles. The van der Waals surface area contributed by atoms with E-state index in [0.29, 0.717) is 25.4 Å². The lowest BCUT2D eigenvalue weighted by atomic mass is 9.90. The zero-order valence-electron chi connectivity index (χ0n) is 9.40. The zero-order chi connectivity index (χ0) is 10.9. The van der Waals surface area contributed by atoms with E-state index in [1.54, 1.807) is 0 Å². The summed E-state index contributed by atoms with van der Waals surface area (Å²) in [6, 6.07) is 0. The Kier molecular flexibility index (Phi) is 2.80. The van der Waals surface area contributed by atoms with Crippen LogP contribution in [0.4, 0.5) is 0 Å². The molecule has 1 aliphatic heterocycles. The zero-order valence-corrected chi connectivity index (χ0v) is 9.40. The van der Waals surface area contributed by atoms with Crippen molar-refractivity contribution in [3.8, 4) is 0 Å². The molecule has 15 heavy (non-hydrogen) atoms. The van der Waals surface area contributed by atoms with Gasteiger partial charge in [-0.05, 0) is 11.5 Å². The molecule has 2 heterocycles. The molecular weight excluding hydrogens is 190 g/mol. The largest absolute Gasteiger partial charge is 0.387 e. The summed E-state index contributed by atoms with van der Waals surface area (Å²) in [4.78, 5) is 0. The topological polar surface area (TPSA) is 50.1 Å². The molecule has 2 N–H and O–H groups in total. The van der Waals surface area contributed by atoms with Crippen LogP contribution in [0.5, 0.6) is 0 Å². The molecule has 0 spiro atoms. The van der Waals surface area contributed by atoms with Crippen molar-refractivity contribution in [1.82, 2.24) is 15.1 Å². The molecule has 0 aromatic carbocycles. The van der Waals surface area contributed by atoms with Crippen LogP contribution in [0.15, 0.2) is 12.4 Å². The van der Waals surface area contributed by atoms with Gasteiger partial charge in [-0.2, -0.15) is 5.10 Å². The number of aliphatic hydroxyl groups is 1. The summed E-state index contributed by atoms with van der Waals surface area (Å²) in [5.41, 5.74) is 0.589. The summed E-state index contributed by atoms with van der Waals surface area (Å²) in [6.07, 6.45) is 4.60. The highest BCUT2D eigenvalue weighted by Gasteiger charge is 2.34. The molecule has 0 saturated carbocycles. The van der Waals surface area contributed by atoms with Gasteiger partial charge in [0, 0.05) is 32.3 Å². The summed E-state index contributed by atoms with van der Waals surface area (Å²) in [7, 11) is 0. The average molecular weight is 209 g/mol. The molecule has 0 aliphatic carbocycles. The Morgan fingerprint density at radius 3 is 2.87 bits per heavy atom. The molecule has 1 saturated heterocycles. The highest BCUT2D eigenvalue weighted by molar-refractivity contribution is 5.11. The Hall–Kier alpha value is -0.870. The molecule has 0 amide bonds. The standard InChI is InChI=1S/C11H19N3O/c1-9(2)5-14-6-10(4-13-14)3-11(15)7-12-8-11/h4,6,9,12,15H,3,5,7-8H2,1-2H3. The lowest BCUT2D eigenvalue weighted by Crippen LogP contribution is -2.60. The molecule has 4 nitrogen and oxygen atoms in total. The van der Waals surface area contributed by atoms with Crippen molar-refractivity contribution in [3.05, 3.63) is 18.0 Å². The van der Waals surface area contributed by atoms with Crippen LogP contribution in [0.2, 0.25) is 0 Å². The fourth-order valence-corrected chi connectivity index (χ4v) is 1.89. The normalized spacial score (nSPS) is 19.2. The van der Waals surface area contributed by atoms with Gasteiger partial charge in [0.05, 0.1) is 11.8 Å². The minimum Gasteiger partial charge on any atom is -0.387 e. The van der Waals surface area contributed by atoms with Crippen molar-refractivity contribution in [3.63, 3.8) is 0 Å². The van der Waals surface area contributed by atoms with E-state index in [-0.39, 0.29) is 0 Å². The number of nitrogens with zero attached hydrogens (tertiary/aromatic N) is 2. The molecule has 0 bridgehead atoms. The van der Waals surface area contributed by atoms with E-state index < -0.39 is 5.60 Å². The van der Waals surface area contributed by atoms with Crippen molar-refractivity contribution >= 4 is 0 Å². The van der Waals surface area contributed by atoms with Gasteiger partial charge in [0.1, 0.15) is 0 Å². The second-order valence-electron chi connectivity index (χ2n) is 4.97. The van der Waals surface area contributed by atoms with Gasteiger partial charge >= 0.3 is 0 Å². The van der Waals surface area contributed by atoms with Gasteiger partial charge in [-0.15, -0.1) is 0 Å². The van der Waals surface area contributed by atoms with E-state index in [9.17, 15) is 5.11 Å². The SMILES string of the molecule is CC(C)Cn1cc(CC2(O)CNC2)cn1. The second kappa shape index (κ2) is 3.94. The van der Waals surface area contributed by atoms with Gasteiger partial charge in [-0.1, -0.05) is 13.8 Å². The van der Waals surface area contributed by atoms with Crippen LogP contribution in [0.25, 0.3) is 0 Å². The quantitative estimate of drug-likeness (QED) is 0.755. The van der Waals surface area contributed by atoms with Gasteiger partial charge in [-0.25, -0.2) is 0 Å². The highest BCUT2D eigenvalue weighted by atomic mass is 16.3. The van der Waals surface area contributed by atoms with Crippen LogP contribution in [0.1, 0.15) is 19.4 Å². The summed E-state index contributed by atoms with van der Waals surface area (Å²) in [5.74, 6) is 0.603. The molecule has 1 fully saturated rings. The van der Waals surface area contributed by atoms with Crippen LogP contribution < -0.4 is 5.32 Å². The summed E-state index contributed by atoms with van der Waals surface area (Å²) < 4.78 is 1.95. The maximum absolute atomic E-state index is 9.96. The van der Waals surface area contributed by atoms with E-state index in [1.807, 2.05) is 17.1 Å². The summed E-state index contributed by atoms with van der Waals surface area (Å²) >= 11 is 0. The van der Waals surface area contributed by atoms with Crippen molar-refractivity contribution in [1.29, 1.82) is 0 Å². The average Bonchev–Trinajstić information content (AvgIpc) is 2.48. The third-order valence-electron chi connectivity index (χ3n) is 2.68. The van der Waals surface area contributed by atoms with E-state index in [2.05, 4.69) is 24.3 Å². The first-order valence-corrected chi connectivity index (χ1v) is 5.52. The molecule has 0 atom stereocenters. The molecular formula is C11H19N3O. The lowest BCUT2D eigenvalue weighted by molar-refractivity contribution is -0.00903.